The van der Waals surface area contributed by atoms with Crippen molar-refractivity contribution in [3.05, 3.63) is 11.6 Å². The van der Waals surface area contributed by atoms with Crippen LogP contribution in [0.2, 0.25) is 0 Å². The minimum atomic E-state index is 0.189. The van der Waals surface area contributed by atoms with Gasteiger partial charge in [-0.1, -0.05) is 32.1 Å². The Morgan fingerprint density at radius 3 is 2.25 bits per heavy atom. The highest BCUT2D eigenvalue weighted by atomic mass is 16.1. The van der Waals surface area contributed by atoms with Crippen molar-refractivity contribution in [3.8, 4) is 0 Å². The second-order valence-corrected chi connectivity index (χ2v) is 4.87. The van der Waals surface area contributed by atoms with Gasteiger partial charge in [0.15, 0.2) is 5.78 Å². The average molecular weight is 219 g/mol. The summed E-state index contributed by atoms with van der Waals surface area (Å²) in [5, 5.41) is 0. The van der Waals surface area contributed by atoms with E-state index in [4.69, 9.17) is 0 Å². The maximum Gasteiger partial charge on any atom is 0.177 e. The highest BCUT2D eigenvalue weighted by Crippen LogP contribution is 2.21. The van der Waals surface area contributed by atoms with Gasteiger partial charge in [0.1, 0.15) is 6.54 Å². The van der Waals surface area contributed by atoms with Crippen LogP contribution in [0.15, 0.2) is 16.6 Å². The first-order chi connectivity index (χ1) is 7.86. The van der Waals surface area contributed by atoms with Crippen molar-refractivity contribution in [2.45, 2.75) is 57.8 Å². The Labute approximate surface area is 97.8 Å². The Morgan fingerprint density at radius 1 is 0.875 bits per heavy atom. The predicted molar refractivity (Wildman–Crippen MR) is 66.9 cm³/mol. The summed E-state index contributed by atoms with van der Waals surface area (Å²) < 4.78 is 0. The summed E-state index contributed by atoms with van der Waals surface area (Å²) >= 11 is 0. The van der Waals surface area contributed by atoms with Crippen molar-refractivity contribution in [1.29, 1.82) is 0 Å². The molecule has 0 aromatic rings. The molecule has 0 spiro atoms. The molecule has 0 N–H and O–H groups in total. The van der Waals surface area contributed by atoms with E-state index < -0.39 is 0 Å². The molecule has 1 fully saturated rings. The number of fused-ring (bicyclic) bond motifs is 1. The van der Waals surface area contributed by atoms with Crippen LogP contribution < -0.4 is 0 Å². The Morgan fingerprint density at radius 2 is 1.50 bits per heavy atom. The SMILES string of the molecule is O=C1C=C2CCCCCCCCCC2=NC1. The van der Waals surface area contributed by atoms with Gasteiger partial charge in [-0.05, 0) is 37.3 Å². The van der Waals surface area contributed by atoms with Crippen molar-refractivity contribution < 1.29 is 4.79 Å². The van der Waals surface area contributed by atoms with E-state index in [0.717, 1.165) is 12.8 Å². The fourth-order valence-corrected chi connectivity index (χ4v) is 2.55. The van der Waals surface area contributed by atoms with Gasteiger partial charge in [-0.15, -0.1) is 0 Å². The van der Waals surface area contributed by atoms with Crippen molar-refractivity contribution in [2.75, 3.05) is 6.54 Å². The number of dihydropyridines is 1. The molecule has 1 saturated carbocycles. The molecule has 88 valence electrons. The number of aliphatic imine (C=N–C) groups is 1. The molecule has 0 radical (unpaired) electrons. The number of hydrogen-bond acceptors (Lipinski definition) is 2. The first-order valence-electron chi connectivity index (χ1n) is 6.63. The van der Waals surface area contributed by atoms with Crippen LogP contribution in [0.25, 0.3) is 0 Å². The second kappa shape index (κ2) is 5.97. The van der Waals surface area contributed by atoms with Crippen molar-refractivity contribution in [2.24, 2.45) is 4.99 Å². The van der Waals surface area contributed by atoms with Gasteiger partial charge >= 0.3 is 0 Å². The van der Waals surface area contributed by atoms with Gasteiger partial charge in [0.05, 0.1) is 0 Å². The zero-order valence-electron chi connectivity index (χ0n) is 10.0. The summed E-state index contributed by atoms with van der Waals surface area (Å²) in [7, 11) is 0. The van der Waals surface area contributed by atoms with Crippen LogP contribution in [-0.4, -0.2) is 18.0 Å². The van der Waals surface area contributed by atoms with Gasteiger partial charge in [0.2, 0.25) is 0 Å². The molecule has 0 atom stereocenters. The molecule has 0 unspecified atom stereocenters. The average Bonchev–Trinajstić information content (AvgIpc) is 2.33. The van der Waals surface area contributed by atoms with Crippen LogP contribution in [0, 0.1) is 0 Å². The lowest BCUT2D eigenvalue weighted by Crippen LogP contribution is -2.15. The van der Waals surface area contributed by atoms with Crippen LogP contribution >= 0.6 is 0 Å². The van der Waals surface area contributed by atoms with Crippen LogP contribution in [-0.2, 0) is 4.79 Å². The van der Waals surface area contributed by atoms with Gasteiger partial charge in [-0.3, -0.25) is 9.79 Å². The Hall–Kier alpha value is -0.920. The lowest BCUT2D eigenvalue weighted by molar-refractivity contribution is -0.113. The molecule has 0 amide bonds. The number of nitrogens with zero attached hydrogens (tertiary/aromatic N) is 1. The third-order valence-corrected chi connectivity index (χ3v) is 3.49. The summed E-state index contributed by atoms with van der Waals surface area (Å²) in [6.45, 7) is 0.388. The normalized spacial score (nSPS) is 23.9. The van der Waals surface area contributed by atoms with Gasteiger partial charge in [-0.25, -0.2) is 0 Å². The standard InChI is InChI=1S/C14H21NO/c16-13-10-12-8-6-4-2-1-3-5-7-9-14(12)15-11-13/h10H,1-9,11H2. The minimum absolute atomic E-state index is 0.189. The molecule has 2 aliphatic rings. The number of ketones is 1. The molecule has 1 heterocycles. The smallest absolute Gasteiger partial charge is 0.177 e. The minimum Gasteiger partial charge on any atom is -0.293 e. The largest absolute Gasteiger partial charge is 0.293 e. The third-order valence-electron chi connectivity index (χ3n) is 3.49. The summed E-state index contributed by atoms with van der Waals surface area (Å²) in [5.74, 6) is 0.189. The second-order valence-electron chi connectivity index (χ2n) is 4.87. The van der Waals surface area contributed by atoms with E-state index in [1.165, 1.54) is 56.2 Å². The van der Waals surface area contributed by atoms with E-state index in [1.54, 1.807) is 0 Å². The monoisotopic (exact) mass is 219 g/mol. The first-order valence-corrected chi connectivity index (χ1v) is 6.63. The Bertz CT molecular complexity index is 315. The van der Waals surface area contributed by atoms with Crippen LogP contribution in [0.4, 0.5) is 0 Å². The molecule has 1 aliphatic heterocycles. The molecule has 2 nitrogen and oxygen atoms in total. The quantitative estimate of drug-likeness (QED) is 0.613. The number of allylic oxidation sites excluding steroid dienone is 1. The highest BCUT2D eigenvalue weighted by molar-refractivity contribution is 6.10. The summed E-state index contributed by atoms with van der Waals surface area (Å²) in [4.78, 5) is 15.8. The number of hydrogen-bond donors (Lipinski definition) is 0. The van der Waals surface area contributed by atoms with E-state index in [2.05, 4.69) is 4.99 Å². The lowest BCUT2D eigenvalue weighted by Gasteiger charge is -2.14. The zero-order valence-corrected chi connectivity index (χ0v) is 10.0. The zero-order chi connectivity index (χ0) is 11.2. The topological polar surface area (TPSA) is 29.4 Å². The predicted octanol–water partition coefficient (Wildman–Crippen LogP) is 3.46. The van der Waals surface area contributed by atoms with E-state index >= 15 is 0 Å². The third kappa shape index (κ3) is 3.29. The van der Waals surface area contributed by atoms with Crippen molar-refractivity contribution in [1.82, 2.24) is 0 Å². The van der Waals surface area contributed by atoms with Crippen LogP contribution in [0.1, 0.15) is 57.8 Å². The first kappa shape index (κ1) is 11.6. The summed E-state index contributed by atoms with van der Waals surface area (Å²) in [6.07, 6.45) is 13.2. The molecule has 2 heteroatoms. The molecular formula is C14H21NO. The lowest BCUT2D eigenvalue weighted by atomic mass is 9.96. The van der Waals surface area contributed by atoms with Crippen LogP contribution in [0.5, 0.6) is 0 Å². The molecule has 0 bridgehead atoms. The maximum atomic E-state index is 11.4. The molecule has 0 saturated heterocycles. The molecule has 1 aliphatic carbocycles. The number of carbonyl (C=O) groups is 1. The van der Waals surface area contributed by atoms with Crippen LogP contribution in [0.3, 0.4) is 0 Å². The van der Waals surface area contributed by atoms with Gasteiger partial charge < -0.3 is 0 Å². The molecular weight excluding hydrogens is 198 g/mol. The van der Waals surface area contributed by atoms with Gasteiger partial charge in [0, 0.05) is 5.71 Å². The Balaban J connectivity index is 2.02. The molecule has 16 heavy (non-hydrogen) atoms. The summed E-state index contributed by atoms with van der Waals surface area (Å²) in [5.41, 5.74) is 2.46. The fourth-order valence-electron chi connectivity index (χ4n) is 2.55. The fraction of sp³-hybridized carbons (Fsp3) is 0.714. The molecule has 0 aromatic carbocycles. The van der Waals surface area contributed by atoms with E-state index in [1.807, 2.05) is 6.08 Å². The van der Waals surface area contributed by atoms with Gasteiger partial charge in [0.25, 0.3) is 0 Å². The number of carbonyl (C=O) groups excluding carboxylic acids is 1. The number of rotatable bonds is 0. The summed E-state index contributed by atoms with van der Waals surface area (Å²) in [6, 6.07) is 0. The Kier molecular flexibility index (Phi) is 4.32. The maximum absolute atomic E-state index is 11.4. The van der Waals surface area contributed by atoms with Crippen molar-refractivity contribution >= 4 is 11.5 Å². The van der Waals surface area contributed by atoms with Gasteiger partial charge in [-0.2, -0.15) is 0 Å². The van der Waals surface area contributed by atoms with Crippen molar-refractivity contribution in [3.63, 3.8) is 0 Å². The van der Waals surface area contributed by atoms with E-state index in [-0.39, 0.29) is 5.78 Å². The molecule has 0 aromatic heterocycles. The highest BCUT2D eigenvalue weighted by Gasteiger charge is 2.14. The van der Waals surface area contributed by atoms with E-state index in [9.17, 15) is 4.79 Å². The molecule has 2 rings (SSSR count). The van der Waals surface area contributed by atoms with E-state index in [0.29, 0.717) is 6.54 Å².